The second-order valence-electron chi connectivity index (χ2n) is 33.9. The van der Waals surface area contributed by atoms with E-state index in [-0.39, 0.29) is 0 Å². The van der Waals surface area contributed by atoms with Crippen molar-refractivity contribution < 1.29 is 0 Å². The molecule has 610 valence electrons. The summed E-state index contributed by atoms with van der Waals surface area (Å²) >= 11 is 0. The first kappa shape index (κ1) is 77.1. The Balaban J connectivity index is 0.000000147. The number of rotatable bonds is 14. The molecule has 0 bridgehead atoms. The third-order valence-corrected chi connectivity index (χ3v) is 25.6. The van der Waals surface area contributed by atoms with Gasteiger partial charge in [0.1, 0.15) is 0 Å². The van der Waals surface area contributed by atoms with Gasteiger partial charge in [0.2, 0.25) is 0 Å². The Morgan fingerprint density at radius 2 is 0.426 bits per heavy atom. The minimum Gasteiger partial charge on any atom is -0.309 e. The lowest BCUT2D eigenvalue weighted by molar-refractivity contribution is 1.15. The fraction of sp³-hybridized carbons (Fsp3) is 0.0413. The lowest BCUT2D eigenvalue weighted by Crippen LogP contribution is -2.04. The highest BCUT2D eigenvalue weighted by Gasteiger charge is 2.29. The molecule has 129 heavy (non-hydrogen) atoms. The van der Waals surface area contributed by atoms with Crippen LogP contribution in [0.5, 0.6) is 0 Å². The Bertz CT molecular complexity index is 8280. The molecule has 6 heterocycles. The molecule has 0 spiro atoms. The zero-order valence-electron chi connectivity index (χ0n) is 72.1. The second kappa shape index (κ2) is 32.1. The van der Waals surface area contributed by atoms with Crippen LogP contribution in [0.25, 0.3) is 222 Å². The highest BCUT2D eigenvalue weighted by atomic mass is 15.0. The summed E-state index contributed by atoms with van der Waals surface area (Å²) in [4.78, 5) is 21.8. The summed E-state index contributed by atoms with van der Waals surface area (Å²) in [6, 6.07) is 155. The molecule has 0 fully saturated rings. The van der Waals surface area contributed by atoms with Crippen molar-refractivity contribution in [2.24, 2.45) is 0 Å². The van der Waals surface area contributed by atoms with E-state index < -0.39 is 0 Å². The van der Waals surface area contributed by atoms with Crippen LogP contribution < -0.4 is 0 Å². The quantitative estimate of drug-likeness (QED) is 0.109. The molecule has 24 rings (SSSR count). The molecule has 0 unspecified atom stereocenters. The minimum absolute atomic E-state index is 0.659. The standard InChI is InChI=1S/C61H44N4.C60H42N4/c1-39-35-40(2)59(41(3)36-39)44-33-34-57-50(37-44)47-25-12-16-30-55(47)65(57)58-32-18-27-49(61-62-51(42-19-6-4-7-20-42)38-52(63-61)43-21-8-5-9-22-43)60(58)48-26-13-17-31-56(48)64-53-28-14-10-23-45(53)46-24-11-15-29-54(46)64;1-39-34-40(2)36-44(35-39)43-32-33-57-50(37-43)47-24-11-15-29-55(47)64(57)58-31-17-26-49(60-61-51(41-18-5-3-6-19-41)38-52(62-60)42-20-7-4-8-21-42)59(58)48-25-12-16-30-56(48)63-53-27-13-9-22-45(53)46-23-10-14-28-54(46)63/h4-38H,1-3H3;3-38H,1-2H3. The molecule has 0 aliphatic carbocycles. The van der Waals surface area contributed by atoms with Gasteiger partial charge < -0.3 is 18.3 Å². The van der Waals surface area contributed by atoms with Crippen LogP contribution in [0.15, 0.2) is 431 Å². The van der Waals surface area contributed by atoms with E-state index in [9.17, 15) is 0 Å². The third kappa shape index (κ3) is 13.6. The van der Waals surface area contributed by atoms with Gasteiger partial charge in [0.05, 0.1) is 89.7 Å². The zero-order valence-corrected chi connectivity index (χ0v) is 72.1. The van der Waals surface area contributed by atoms with Crippen molar-refractivity contribution in [3.63, 3.8) is 0 Å². The van der Waals surface area contributed by atoms with Crippen molar-refractivity contribution in [2.45, 2.75) is 34.6 Å². The van der Waals surface area contributed by atoms with Crippen LogP contribution in [0.2, 0.25) is 0 Å². The van der Waals surface area contributed by atoms with Gasteiger partial charge in [-0.05, 0) is 165 Å². The number of hydrogen-bond acceptors (Lipinski definition) is 4. The number of hydrogen-bond donors (Lipinski definition) is 0. The zero-order chi connectivity index (χ0) is 86.3. The summed E-state index contributed by atoms with van der Waals surface area (Å²) in [7, 11) is 0. The highest BCUT2D eigenvalue weighted by molar-refractivity contribution is 6.16. The largest absolute Gasteiger partial charge is 0.309 e. The SMILES string of the molecule is Cc1cc(C)c(-c2ccc3c(c2)c2ccccc2n3-c2cccc(-c3nc(-c4ccccc4)cc(-c4ccccc4)n3)c2-c2ccccc2-n2c3ccccc3c3ccccc32)c(C)c1.Cc1cc(C)cc(-c2ccc3c(c2)c2ccccc2n3-c2cccc(-c3nc(-c4ccccc4)cc(-c4ccccc4)n3)c2-c2ccccc2-n2c3ccccc3c3ccccc32)c1. The van der Waals surface area contributed by atoms with Crippen LogP contribution in [-0.2, 0) is 0 Å². The third-order valence-electron chi connectivity index (χ3n) is 25.6. The molecule has 0 atom stereocenters. The average molecular weight is 1650 g/mol. The molecule has 0 saturated heterocycles. The maximum Gasteiger partial charge on any atom is 0.161 e. The number of aryl methyl sites for hydroxylation is 5. The van der Waals surface area contributed by atoms with Gasteiger partial charge in [0.25, 0.3) is 0 Å². The number of aromatic nitrogens is 8. The molecule has 24 aromatic rings. The van der Waals surface area contributed by atoms with Crippen molar-refractivity contribution in [3.8, 4) is 135 Å². The van der Waals surface area contributed by atoms with E-state index in [0.29, 0.717) is 11.6 Å². The molecule has 18 aromatic carbocycles. The number of para-hydroxylation sites is 8. The summed E-state index contributed by atoms with van der Waals surface area (Å²) in [6.07, 6.45) is 0. The fourth-order valence-corrected chi connectivity index (χ4v) is 20.3. The first-order valence-corrected chi connectivity index (χ1v) is 44.2. The lowest BCUT2D eigenvalue weighted by Gasteiger charge is -2.21. The summed E-state index contributed by atoms with van der Waals surface area (Å²) < 4.78 is 9.78. The fourth-order valence-electron chi connectivity index (χ4n) is 20.3. The molecular weight excluding hydrogens is 1570 g/mol. The Morgan fingerprint density at radius 3 is 0.783 bits per heavy atom. The van der Waals surface area contributed by atoms with E-state index in [4.69, 9.17) is 19.9 Å². The maximum absolute atomic E-state index is 5.47. The normalized spacial score (nSPS) is 11.6. The van der Waals surface area contributed by atoms with Gasteiger partial charge in [-0.2, -0.15) is 0 Å². The molecular formula is C121H86N8. The molecule has 8 heteroatoms. The van der Waals surface area contributed by atoms with E-state index in [1.165, 1.54) is 93.2 Å². The van der Waals surface area contributed by atoms with Gasteiger partial charge in [-0.1, -0.05) is 350 Å². The minimum atomic E-state index is 0.659. The summed E-state index contributed by atoms with van der Waals surface area (Å²) in [5.41, 5.74) is 38.5. The van der Waals surface area contributed by atoms with Crippen LogP contribution in [0.4, 0.5) is 0 Å². The van der Waals surface area contributed by atoms with Gasteiger partial charge in [0.15, 0.2) is 11.6 Å². The van der Waals surface area contributed by atoms with Crippen LogP contribution in [0.1, 0.15) is 27.8 Å². The lowest BCUT2D eigenvalue weighted by atomic mass is 9.93. The number of nitrogens with zero attached hydrogens (tertiary/aromatic N) is 8. The number of benzene rings is 18. The molecule has 6 aromatic heterocycles. The van der Waals surface area contributed by atoms with Gasteiger partial charge >= 0.3 is 0 Å². The van der Waals surface area contributed by atoms with Crippen molar-refractivity contribution in [2.75, 3.05) is 0 Å². The van der Waals surface area contributed by atoms with Crippen molar-refractivity contribution in [1.82, 2.24) is 38.2 Å². The predicted octanol–water partition coefficient (Wildman–Crippen LogP) is 31.6. The highest BCUT2D eigenvalue weighted by Crippen LogP contribution is 2.50. The Hall–Kier alpha value is -16.7. The monoisotopic (exact) mass is 1650 g/mol. The second-order valence-corrected chi connectivity index (χ2v) is 33.9. The Morgan fingerprint density at radius 1 is 0.163 bits per heavy atom. The Labute approximate surface area is 748 Å². The van der Waals surface area contributed by atoms with Crippen molar-refractivity contribution in [1.29, 1.82) is 0 Å². The average Bonchev–Trinajstić information content (AvgIpc) is 1.61. The van der Waals surface area contributed by atoms with Crippen LogP contribution >= 0.6 is 0 Å². The van der Waals surface area contributed by atoms with Crippen molar-refractivity contribution in [3.05, 3.63) is 459 Å². The van der Waals surface area contributed by atoms with E-state index in [0.717, 1.165) is 145 Å². The van der Waals surface area contributed by atoms with Gasteiger partial charge in [-0.3, -0.25) is 0 Å². The summed E-state index contributed by atoms with van der Waals surface area (Å²) in [5, 5.41) is 9.68. The van der Waals surface area contributed by atoms with E-state index in [1.807, 2.05) is 12.1 Å². The Kier molecular flexibility index (Phi) is 19.2. The van der Waals surface area contributed by atoms with Gasteiger partial charge in [0, 0.05) is 98.7 Å². The molecule has 0 radical (unpaired) electrons. The van der Waals surface area contributed by atoms with Gasteiger partial charge in [-0.15, -0.1) is 0 Å². The van der Waals surface area contributed by atoms with E-state index >= 15 is 0 Å². The van der Waals surface area contributed by atoms with Crippen molar-refractivity contribution >= 4 is 87.2 Å². The molecule has 0 aliphatic heterocycles. The van der Waals surface area contributed by atoms with Crippen LogP contribution in [-0.4, -0.2) is 38.2 Å². The smallest absolute Gasteiger partial charge is 0.161 e. The number of fused-ring (bicyclic) bond motifs is 12. The predicted molar refractivity (Wildman–Crippen MR) is 539 cm³/mol. The molecule has 0 amide bonds. The van der Waals surface area contributed by atoms with Crippen LogP contribution in [0, 0.1) is 34.6 Å². The summed E-state index contributed by atoms with van der Waals surface area (Å²) in [5.74, 6) is 1.32. The molecule has 8 nitrogen and oxygen atoms in total. The molecule has 0 N–H and O–H groups in total. The van der Waals surface area contributed by atoms with Crippen LogP contribution in [0.3, 0.4) is 0 Å². The van der Waals surface area contributed by atoms with E-state index in [2.05, 4.69) is 471 Å². The first-order chi connectivity index (χ1) is 63.6. The van der Waals surface area contributed by atoms with Gasteiger partial charge in [-0.25, -0.2) is 19.9 Å². The molecule has 0 saturated carbocycles. The topological polar surface area (TPSA) is 71.3 Å². The first-order valence-electron chi connectivity index (χ1n) is 44.2. The summed E-state index contributed by atoms with van der Waals surface area (Å²) in [6.45, 7) is 11.0. The maximum atomic E-state index is 5.47. The molecule has 0 aliphatic rings. The van der Waals surface area contributed by atoms with E-state index in [1.54, 1.807) is 0 Å².